The molecule has 22 aromatic rings. The molecule has 0 fully saturated rings. The minimum atomic E-state index is 0.708. The summed E-state index contributed by atoms with van der Waals surface area (Å²) in [6.45, 7) is 0. The van der Waals surface area contributed by atoms with Crippen molar-refractivity contribution in [1.29, 1.82) is 0 Å². The van der Waals surface area contributed by atoms with Crippen molar-refractivity contribution in [2.24, 2.45) is 0 Å². The zero-order valence-electron chi connectivity index (χ0n) is 58.5. The first-order valence-corrected chi connectivity index (χ1v) is 36.7. The zero-order valence-corrected chi connectivity index (χ0v) is 58.5. The van der Waals surface area contributed by atoms with Crippen LogP contribution in [0.1, 0.15) is 0 Å². The van der Waals surface area contributed by atoms with Gasteiger partial charge in [0, 0.05) is 100 Å². The molecule has 0 aliphatic rings. The van der Waals surface area contributed by atoms with Crippen molar-refractivity contribution >= 4 is 109 Å². The SMILES string of the molecule is c1ccc(-c2ccc3cc(-c4nc(-c5ccc(-n6c7ccccc7c7c8ccn(-c9ccccc9)c8ccc76)cc5)nc5ccccc45)ccc3c2)cc1.c1ccc(-n2ccc3c4c5ccccc5n(-c5ccc(-c6nc(-c7ccc(-c8ccc9ccccc9c8)cc7)c7ccccc7n6)cc5)c4ccc32)cc1. The van der Waals surface area contributed by atoms with E-state index in [0.29, 0.717) is 11.6 Å². The molecule has 16 aromatic carbocycles. The van der Waals surface area contributed by atoms with E-state index < -0.39 is 0 Å². The smallest absolute Gasteiger partial charge is 0.160 e. The minimum absolute atomic E-state index is 0.708. The highest BCUT2D eigenvalue weighted by atomic mass is 15.0. The lowest BCUT2D eigenvalue weighted by atomic mass is 9.98. The van der Waals surface area contributed by atoms with Gasteiger partial charge in [-0.1, -0.05) is 224 Å². The van der Waals surface area contributed by atoms with E-state index in [2.05, 4.69) is 395 Å². The van der Waals surface area contributed by atoms with E-state index in [1.165, 1.54) is 109 Å². The molecule has 8 heteroatoms. The van der Waals surface area contributed by atoms with Crippen molar-refractivity contribution in [2.75, 3.05) is 0 Å². The fraction of sp³-hybridized carbons (Fsp3) is 0. The molecule has 6 heterocycles. The Bertz CT molecular complexity index is 7260. The molecule has 0 amide bonds. The number of aromatic nitrogens is 8. The summed E-state index contributed by atoms with van der Waals surface area (Å²) in [4.78, 5) is 20.6. The maximum absolute atomic E-state index is 5.25. The Morgan fingerprint density at radius 2 is 0.528 bits per heavy atom. The Morgan fingerprint density at radius 1 is 0.185 bits per heavy atom. The minimum Gasteiger partial charge on any atom is -0.317 e. The molecule has 0 radical (unpaired) electrons. The van der Waals surface area contributed by atoms with Gasteiger partial charge in [0.2, 0.25) is 0 Å². The van der Waals surface area contributed by atoms with Gasteiger partial charge in [-0.3, -0.25) is 0 Å². The second-order valence-corrected chi connectivity index (χ2v) is 27.7. The highest BCUT2D eigenvalue weighted by Crippen LogP contribution is 2.42. The zero-order chi connectivity index (χ0) is 71.2. The standard InChI is InChI=1S/2C50H32N4/c1-3-11-33(12-4-1)35-19-20-37-32-38(22-21-36(37)31-35)49-41-15-7-9-17-44(41)51-50(52-49)34-23-25-40(26-24-34)54-46-18-10-8-16-42(46)48-43-29-30-53(39-13-5-2-6-14-39)45(43)27-28-47(48)54;1-2-12-39(13-3-1)53-31-30-43-45(53)28-29-47-48(43)42-15-7-9-17-46(42)54(47)40-26-24-36(25-27-40)50-51-44-16-8-6-14-41(44)49(52-50)35-21-18-34(19-22-35)38-23-20-33-10-4-5-11-37(33)32-38/h2*1-32H. The van der Waals surface area contributed by atoms with Crippen LogP contribution < -0.4 is 0 Å². The van der Waals surface area contributed by atoms with Crippen LogP contribution in [0.25, 0.3) is 199 Å². The Labute approximate surface area is 621 Å². The second kappa shape index (κ2) is 25.7. The van der Waals surface area contributed by atoms with E-state index >= 15 is 0 Å². The van der Waals surface area contributed by atoms with Crippen LogP contribution in [0, 0.1) is 0 Å². The first kappa shape index (κ1) is 62.0. The van der Waals surface area contributed by atoms with Crippen LogP contribution in [0.15, 0.2) is 389 Å². The predicted molar refractivity (Wildman–Crippen MR) is 449 cm³/mol. The third-order valence-corrected chi connectivity index (χ3v) is 21.5. The summed E-state index contributed by atoms with van der Waals surface area (Å²) in [5.74, 6) is 1.42. The number of rotatable bonds is 10. The monoisotopic (exact) mass is 1380 g/mol. The molecular formula is C100H64N8. The van der Waals surface area contributed by atoms with Gasteiger partial charge in [-0.2, -0.15) is 0 Å². The number of fused-ring (bicyclic) bond motifs is 14. The average Bonchev–Trinajstić information content (AvgIpc) is 1.56. The van der Waals surface area contributed by atoms with Gasteiger partial charge in [-0.15, -0.1) is 0 Å². The average molecular weight is 1380 g/mol. The molecule has 6 aromatic heterocycles. The van der Waals surface area contributed by atoms with Gasteiger partial charge in [0.05, 0.1) is 55.5 Å². The molecule has 0 aliphatic heterocycles. The third-order valence-electron chi connectivity index (χ3n) is 21.5. The number of benzene rings is 16. The van der Waals surface area contributed by atoms with Crippen molar-refractivity contribution in [3.63, 3.8) is 0 Å². The van der Waals surface area contributed by atoms with Crippen molar-refractivity contribution < 1.29 is 0 Å². The molecule has 108 heavy (non-hydrogen) atoms. The predicted octanol–water partition coefficient (Wildman–Crippen LogP) is 25.7. The van der Waals surface area contributed by atoms with Gasteiger partial charge in [0.1, 0.15) is 0 Å². The molecule has 0 aliphatic carbocycles. The van der Waals surface area contributed by atoms with Crippen LogP contribution in [0.5, 0.6) is 0 Å². The molecular weight excluding hydrogens is 1310 g/mol. The maximum Gasteiger partial charge on any atom is 0.160 e. The summed E-state index contributed by atoms with van der Waals surface area (Å²) >= 11 is 0. The second-order valence-electron chi connectivity index (χ2n) is 27.7. The van der Waals surface area contributed by atoms with Gasteiger partial charge >= 0.3 is 0 Å². The van der Waals surface area contributed by atoms with E-state index in [1.54, 1.807) is 0 Å². The summed E-state index contributed by atoms with van der Waals surface area (Å²) in [5.41, 5.74) is 24.2. The van der Waals surface area contributed by atoms with Crippen LogP contribution in [0.2, 0.25) is 0 Å². The van der Waals surface area contributed by atoms with E-state index in [9.17, 15) is 0 Å². The van der Waals surface area contributed by atoms with Gasteiger partial charge in [0.25, 0.3) is 0 Å². The maximum atomic E-state index is 5.25. The van der Waals surface area contributed by atoms with E-state index in [-0.39, 0.29) is 0 Å². The molecule has 22 rings (SSSR count). The molecule has 0 N–H and O–H groups in total. The molecule has 0 unspecified atom stereocenters. The Kier molecular flexibility index (Phi) is 14.7. The summed E-state index contributed by atoms with van der Waals surface area (Å²) in [5, 5.41) is 14.4. The van der Waals surface area contributed by atoms with Crippen LogP contribution in [-0.2, 0) is 0 Å². The number of hydrogen-bond donors (Lipinski definition) is 0. The van der Waals surface area contributed by atoms with Gasteiger partial charge < -0.3 is 18.3 Å². The largest absolute Gasteiger partial charge is 0.317 e. The molecule has 0 bridgehead atoms. The molecule has 0 atom stereocenters. The first-order chi connectivity index (χ1) is 53.5. The van der Waals surface area contributed by atoms with Crippen LogP contribution in [-0.4, -0.2) is 38.2 Å². The van der Waals surface area contributed by atoms with E-state index in [0.717, 1.165) is 78.2 Å². The molecule has 0 saturated heterocycles. The van der Waals surface area contributed by atoms with Crippen molar-refractivity contribution in [1.82, 2.24) is 38.2 Å². The molecule has 8 nitrogen and oxygen atoms in total. The Balaban J connectivity index is 0.000000138. The topological polar surface area (TPSA) is 71.3 Å². The van der Waals surface area contributed by atoms with Gasteiger partial charge in [-0.25, -0.2) is 19.9 Å². The van der Waals surface area contributed by atoms with E-state index in [4.69, 9.17) is 19.9 Å². The van der Waals surface area contributed by atoms with Crippen molar-refractivity contribution in [3.8, 4) is 90.3 Å². The molecule has 0 spiro atoms. The summed E-state index contributed by atoms with van der Waals surface area (Å²) in [6, 6.07) is 134. The Hall–Kier alpha value is -14.6. The van der Waals surface area contributed by atoms with Crippen LogP contribution >= 0.6 is 0 Å². The summed E-state index contributed by atoms with van der Waals surface area (Å²) in [6.07, 6.45) is 4.36. The number of para-hydroxylation sites is 6. The van der Waals surface area contributed by atoms with Gasteiger partial charge in [-0.05, 0) is 195 Å². The normalized spacial score (nSPS) is 11.7. The van der Waals surface area contributed by atoms with Crippen molar-refractivity contribution in [2.45, 2.75) is 0 Å². The lowest BCUT2D eigenvalue weighted by Gasteiger charge is -2.12. The third kappa shape index (κ3) is 10.6. The summed E-state index contributed by atoms with van der Waals surface area (Å²) < 4.78 is 9.29. The quantitative estimate of drug-likeness (QED) is 0.137. The van der Waals surface area contributed by atoms with Crippen molar-refractivity contribution in [3.05, 3.63) is 389 Å². The first-order valence-electron chi connectivity index (χ1n) is 36.7. The lowest BCUT2D eigenvalue weighted by molar-refractivity contribution is 1.13. The number of hydrogen-bond acceptors (Lipinski definition) is 4. The lowest BCUT2D eigenvalue weighted by Crippen LogP contribution is -1.97. The van der Waals surface area contributed by atoms with Crippen LogP contribution in [0.4, 0.5) is 0 Å². The fourth-order valence-electron chi connectivity index (χ4n) is 16.3. The molecule has 504 valence electrons. The van der Waals surface area contributed by atoms with Gasteiger partial charge in [0.15, 0.2) is 11.6 Å². The Morgan fingerprint density at radius 3 is 1.04 bits per heavy atom. The van der Waals surface area contributed by atoms with E-state index in [1.807, 2.05) is 12.1 Å². The fourth-order valence-corrected chi connectivity index (χ4v) is 16.3. The number of nitrogens with zero attached hydrogens (tertiary/aromatic N) is 8. The molecule has 0 saturated carbocycles. The summed E-state index contributed by atoms with van der Waals surface area (Å²) in [7, 11) is 0. The highest BCUT2D eigenvalue weighted by molar-refractivity contribution is 6.22. The highest BCUT2D eigenvalue weighted by Gasteiger charge is 2.21. The van der Waals surface area contributed by atoms with Crippen LogP contribution in [0.3, 0.4) is 0 Å².